The number of hydrogen-bond donors (Lipinski definition) is 0. The highest BCUT2D eigenvalue weighted by atomic mass is 16.7. The molecular formula is C20H27NO3. The molecule has 24 heavy (non-hydrogen) atoms. The minimum atomic E-state index is -0.292. The summed E-state index contributed by atoms with van der Waals surface area (Å²) in [6, 6.07) is 3.72. The van der Waals surface area contributed by atoms with Crippen LogP contribution in [0.1, 0.15) is 66.1 Å². The first-order valence-corrected chi connectivity index (χ1v) is 9.06. The molecule has 4 nitrogen and oxygen atoms in total. The third kappa shape index (κ3) is 2.67. The largest absolute Gasteiger partial charge is 0.363 e. The lowest BCUT2D eigenvalue weighted by atomic mass is 9.86. The number of rotatable bonds is 5. The minimum Gasteiger partial charge on any atom is -0.363 e. The molecule has 2 fully saturated rings. The van der Waals surface area contributed by atoms with Crippen molar-refractivity contribution in [3.8, 4) is 0 Å². The van der Waals surface area contributed by atoms with Crippen LogP contribution in [0.15, 0.2) is 12.1 Å². The molecule has 130 valence electrons. The SMILES string of the molecule is CCC12CCCC1CCN2OC(=O)c1ccc(C)c(CC=O)c1C. The molecule has 2 atom stereocenters. The van der Waals surface area contributed by atoms with E-state index in [9.17, 15) is 9.59 Å². The summed E-state index contributed by atoms with van der Waals surface area (Å²) < 4.78 is 0. The average Bonchev–Trinajstić information content (AvgIpc) is 3.11. The maximum Gasteiger partial charge on any atom is 0.357 e. The topological polar surface area (TPSA) is 46.6 Å². The predicted octanol–water partition coefficient (Wildman–Crippen LogP) is 3.77. The number of aldehydes is 1. The third-order valence-electron chi connectivity index (χ3n) is 6.24. The number of carbonyl (C=O) groups is 2. The van der Waals surface area contributed by atoms with E-state index in [-0.39, 0.29) is 11.5 Å². The van der Waals surface area contributed by atoms with Crippen LogP contribution in [0.25, 0.3) is 0 Å². The number of hydrogen-bond acceptors (Lipinski definition) is 4. The zero-order valence-corrected chi connectivity index (χ0v) is 14.9. The first-order valence-electron chi connectivity index (χ1n) is 9.06. The number of nitrogens with zero attached hydrogens (tertiary/aromatic N) is 1. The van der Waals surface area contributed by atoms with Crippen LogP contribution in [0.5, 0.6) is 0 Å². The third-order valence-corrected chi connectivity index (χ3v) is 6.24. The van der Waals surface area contributed by atoms with Gasteiger partial charge in [0, 0.05) is 13.0 Å². The van der Waals surface area contributed by atoms with E-state index in [1.54, 1.807) is 0 Å². The molecule has 2 unspecified atom stereocenters. The molecule has 1 aromatic rings. The first-order chi connectivity index (χ1) is 11.5. The molecule has 1 heterocycles. The molecule has 1 aliphatic heterocycles. The summed E-state index contributed by atoms with van der Waals surface area (Å²) in [6.45, 7) is 6.90. The van der Waals surface area contributed by atoms with Crippen LogP contribution in [-0.2, 0) is 16.1 Å². The molecule has 0 radical (unpaired) electrons. The van der Waals surface area contributed by atoms with Crippen LogP contribution < -0.4 is 0 Å². The number of aryl methyl sites for hydroxylation is 1. The Kier molecular flexibility index (Phi) is 4.77. The Morgan fingerprint density at radius 3 is 2.88 bits per heavy atom. The van der Waals surface area contributed by atoms with E-state index in [1.165, 1.54) is 12.8 Å². The smallest absolute Gasteiger partial charge is 0.357 e. The van der Waals surface area contributed by atoms with Gasteiger partial charge in [-0.25, -0.2) is 4.79 Å². The van der Waals surface area contributed by atoms with Crippen LogP contribution in [0, 0.1) is 19.8 Å². The molecule has 0 amide bonds. The van der Waals surface area contributed by atoms with Crippen LogP contribution in [0.2, 0.25) is 0 Å². The van der Waals surface area contributed by atoms with E-state index in [1.807, 2.05) is 31.0 Å². The summed E-state index contributed by atoms with van der Waals surface area (Å²) in [4.78, 5) is 29.6. The van der Waals surface area contributed by atoms with Crippen LogP contribution >= 0.6 is 0 Å². The fourth-order valence-electron chi connectivity index (χ4n) is 4.80. The van der Waals surface area contributed by atoms with Gasteiger partial charge in [0.25, 0.3) is 0 Å². The summed E-state index contributed by atoms with van der Waals surface area (Å²) in [5, 5.41) is 1.96. The van der Waals surface area contributed by atoms with E-state index >= 15 is 0 Å². The van der Waals surface area contributed by atoms with Gasteiger partial charge in [0.1, 0.15) is 6.29 Å². The van der Waals surface area contributed by atoms with Crippen molar-refractivity contribution in [2.45, 2.75) is 64.8 Å². The highest BCUT2D eigenvalue weighted by molar-refractivity contribution is 5.91. The molecular weight excluding hydrogens is 302 g/mol. The molecule has 3 rings (SSSR count). The zero-order valence-electron chi connectivity index (χ0n) is 14.9. The van der Waals surface area contributed by atoms with Crippen molar-refractivity contribution in [1.82, 2.24) is 5.06 Å². The number of fused-ring (bicyclic) bond motifs is 1. The van der Waals surface area contributed by atoms with E-state index in [0.717, 1.165) is 48.8 Å². The lowest BCUT2D eigenvalue weighted by Crippen LogP contribution is -2.45. The summed E-state index contributed by atoms with van der Waals surface area (Å²) in [5.74, 6) is 0.361. The summed E-state index contributed by atoms with van der Waals surface area (Å²) in [6.07, 6.45) is 6.95. The molecule has 0 aromatic heterocycles. The van der Waals surface area contributed by atoms with Crippen molar-refractivity contribution < 1.29 is 14.4 Å². The monoisotopic (exact) mass is 329 g/mol. The molecule has 0 bridgehead atoms. The van der Waals surface area contributed by atoms with Crippen LogP contribution in [-0.4, -0.2) is 29.4 Å². The summed E-state index contributed by atoms with van der Waals surface area (Å²) in [5.41, 5.74) is 3.45. The Balaban J connectivity index is 1.83. The van der Waals surface area contributed by atoms with Gasteiger partial charge in [0.15, 0.2) is 0 Å². The van der Waals surface area contributed by atoms with Gasteiger partial charge in [-0.05, 0) is 68.2 Å². The van der Waals surface area contributed by atoms with Gasteiger partial charge in [-0.3, -0.25) is 0 Å². The van der Waals surface area contributed by atoms with Crippen LogP contribution in [0.4, 0.5) is 0 Å². The average molecular weight is 329 g/mol. The lowest BCUT2D eigenvalue weighted by molar-refractivity contribution is -0.162. The number of carbonyl (C=O) groups excluding carboxylic acids is 2. The van der Waals surface area contributed by atoms with Gasteiger partial charge in [-0.2, -0.15) is 0 Å². The van der Waals surface area contributed by atoms with E-state index in [0.29, 0.717) is 17.9 Å². The summed E-state index contributed by atoms with van der Waals surface area (Å²) >= 11 is 0. The zero-order chi connectivity index (χ0) is 17.3. The van der Waals surface area contributed by atoms with Crippen molar-refractivity contribution in [3.05, 3.63) is 34.4 Å². The van der Waals surface area contributed by atoms with Crippen molar-refractivity contribution in [1.29, 1.82) is 0 Å². The molecule has 1 aliphatic carbocycles. The Morgan fingerprint density at radius 1 is 1.38 bits per heavy atom. The molecule has 1 saturated heterocycles. The first kappa shape index (κ1) is 17.2. The number of hydroxylamine groups is 2. The van der Waals surface area contributed by atoms with E-state index in [2.05, 4.69) is 6.92 Å². The fraction of sp³-hybridized carbons (Fsp3) is 0.600. The standard InChI is InChI=1S/C20H27NO3/c1-4-20-11-5-6-16(20)9-12-21(20)24-19(23)18-8-7-14(2)17(10-13-22)15(18)3/h7-8,13,16H,4-6,9-12H2,1-3H3. The van der Waals surface area contributed by atoms with Gasteiger partial charge >= 0.3 is 5.97 Å². The molecule has 1 saturated carbocycles. The Labute approximate surface area is 144 Å². The normalized spacial score (nSPS) is 26.4. The molecule has 0 spiro atoms. The van der Waals surface area contributed by atoms with Crippen molar-refractivity contribution in [3.63, 3.8) is 0 Å². The minimum absolute atomic E-state index is 0.0416. The Hall–Kier alpha value is -1.68. The second-order valence-electron chi connectivity index (χ2n) is 7.22. The van der Waals surface area contributed by atoms with Gasteiger partial charge in [-0.1, -0.05) is 19.4 Å². The molecule has 4 heteroatoms. The van der Waals surface area contributed by atoms with Crippen LogP contribution in [0.3, 0.4) is 0 Å². The highest BCUT2D eigenvalue weighted by Crippen LogP contribution is 2.49. The predicted molar refractivity (Wildman–Crippen MR) is 92.8 cm³/mol. The van der Waals surface area contributed by atoms with E-state index < -0.39 is 0 Å². The summed E-state index contributed by atoms with van der Waals surface area (Å²) in [7, 11) is 0. The van der Waals surface area contributed by atoms with Gasteiger partial charge in [0.2, 0.25) is 0 Å². The highest BCUT2D eigenvalue weighted by Gasteiger charge is 2.52. The second-order valence-corrected chi connectivity index (χ2v) is 7.22. The second kappa shape index (κ2) is 6.67. The fourth-order valence-corrected chi connectivity index (χ4v) is 4.80. The van der Waals surface area contributed by atoms with Gasteiger partial charge < -0.3 is 9.63 Å². The Bertz CT molecular complexity index is 655. The lowest BCUT2D eigenvalue weighted by Gasteiger charge is -2.36. The molecule has 0 N–H and O–H groups in total. The van der Waals surface area contributed by atoms with Crippen molar-refractivity contribution >= 4 is 12.3 Å². The molecule has 1 aromatic carbocycles. The molecule has 2 aliphatic rings. The van der Waals surface area contributed by atoms with E-state index in [4.69, 9.17) is 4.84 Å². The number of benzene rings is 1. The van der Waals surface area contributed by atoms with Crippen molar-refractivity contribution in [2.75, 3.05) is 6.54 Å². The van der Waals surface area contributed by atoms with Gasteiger partial charge in [-0.15, -0.1) is 5.06 Å². The van der Waals surface area contributed by atoms with Crippen molar-refractivity contribution in [2.24, 2.45) is 5.92 Å². The maximum absolute atomic E-state index is 12.8. The van der Waals surface area contributed by atoms with Gasteiger partial charge in [0.05, 0.1) is 11.1 Å². The maximum atomic E-state index is 12.8. The quantitative estimate of drug-likeness (QED) is 0.772. The Morgan fingerprint density at radius 2 is 2.17 bits per heavy atom.